The van der Waals surface area contributed by atoms with Crippen molar-refractivity contribution < 1.29 is 0 Å². The number of fused-ring (bicyclic) bond motifs is 11. The number of hydrogen-bond acceptors (Lipinski definition) is 2. The fourth-order valence-corrected chi connectivity index (χ4v) is 14.7. The molecule has 0 fully saturated rings. The Balaban J connectivity index is 1.12. The number of para-hydroxylation sites is 2. The minimum absolute atomic E-state index is 0.00122. The molecule has 0 spiro atoms. The maximum absolute atomic E-state index is 2.80. The molecule has 2 aliphatic carbocycles. The molecule has 0 radical (unpaired) electrons. The Morgan fingerprint density at radius 1 is 0.397 bits per heavy atom. The van der Waals surface area contributed by atoms with Gasteiger partial charge in [0.2, 0.25) is 0 Å². The van der Waals surface area contributed by atoms with Crippen molar-refractivity contribution in [2.45, 2.75) is 103 Å². The lowest BCUT2D eigenvalue weighted by molar-refractivity contribution is 0.332. The van der Waals surface area contributed by atoms with Crippen LogP contribution in [0.25, 0.3) is 71.6 Å². The average molecular weight is 1010 g/mol. The predicted octanol–water partition coefficient (Wildman–Crippen LogP) is 18.7. The molecular weight excluding hydrogens is 942 g/mol. The van der Waals surface area contributed by atoms with E-state index in [0.717, 1.165) is 36.3 Å². The van der Waals surface area contributed by atoms with Crippen LogP contribution in [0.5, 0.6) is 0 Å². The summed E-state index contributed by atoms with van der Waals surface area (Å²) in [6.07, 6.45) is 4.61. The lowest BCUT2D eigenvalue weighted by Gasteiger charge is -2.47. The van der Waals surface area contributed by atoms with E-state index in [-0.39, 0.29) is 28.5 Å². The maximum atomic E-state index is 2.80. The van der Waals surface area contributed by atoms with Crippen LogP contribution in [0.4, 0.5) is 28.4 Å². The lowest BCUT2D eigenvalue weighted by atomic mass is 9.43. The van der Waals surface area contributed by atoms with Crippen LogP contribution in [-0.4, -0.2) is 11.4 Å². The summed E-state index contributed by atoms with van der Waals surface area (Å²) in [6, 6.07) is 79.0. The van der Waals surface area contributed by atoms with Crippen molar-refractivity contribution in [3.8, 4) is 39.1 Å². The van der Waals surface area contributed by atoms with E-state index >= 15 is 0 Å². The van der Waals surface area contributed by atoms with Crippen LogP contribution in [-0.2, 0) is 21.7 Å². The molecule has 3 heterocycles. The van der Waals surface area contributed by atoms with Crippen molar-refractivity contribution in [2.75, 3.05) is 9.71 Å². The molecule has 0 amide bonds. The van der Waals surface area contributed by atoms with Crippen molar-refractivity contribution in [3.63, 3.8) is 0 Å². The predicted molar refractivity (Wildman–Crippen MR) is 333 cm³/mol. The number of rotatable bonds is 6. The average Bonchev–Trinajstić information content (AvgIpc) is 3.07. The first-order chi connectivity index (χ1) is 37.6. The van der Waals surface area contributed by atoms with Crippen LogP contribution in [0, 0.1) is 0 Å². The number of nitrogens with zero attached hydrogens (tertiary/aromatic N) is 3. The van der Waals surface area contributed by atoms with Crippen molar-refractivity contribution in [2.24, 2.45) is 0 Å². The first kappa shape index (κ1) is 47.2. The SMILES string of the molecule is CC1(C)CCC(C)(C)c2cc(N3B4c5cc6c(cc5-n5c7cc8ccccc8cc7c7c(-c8cccc(-c9ccccc9)c8)cc(c4c75)-c4ccc(N(c5ccccc5)c5ccccc5)cc43)C(C)(C)CCC6(C)C)ccc21. The molecule has 0 N–H and O–H groups in total. The van der Waals surface area contributed by atoms with Gasteiger partial charge >= 0.3 is 6.85 Å². The summed E-state index contributed by atoms with van der Waals surface area (Å²) in [5.74, 6) is 0. The third-order valence-corrected chi connectivity index (χ3v) is 19.2. The maximum Gasteiger partial charge on any atom is 0.333 e. The summed E-state index contributed by atoms with van der Waals surface area (Å²) >= 11 is 0. The molecule has 1 aromatic heterocycles. The molecule has 0 saturated carbocycles. The lowest BCUT2D eigenvalue weighted by Crippen LogP contribution is -2.61. The van der Waals surface area contributed by atoms with E-state index in [2.05, 4.69) is 276 Å². The van der Waals surface area contributed by atoms with Crippen LogP contribution in [0.2, 0.25) is 0 Å². The van der Waals surface area contributed by atoms with Gasteiger partial charge in [0.15, 0.2) is 0 Å². The standard InChI is InChI=1S/C74H66BN3/c1-71(2)35-36-72(3,4)61-42-55(32-34-60(61)71)78-66-43-54(76(52-27-14-10-15-28-52)53-29-16-11-17-30-53)31-33-56(66)58-44-57(51-26-20-25-48(39-51)47-21-12-9-13-22-47)68-59-40-49-23-18-19-24-50(49)41-65(59)77-67-46-63-62(73(5,6)37-38-74(63,7)8)45-64(67)75(78)69(58)70(68)77/h9-34,39-46H,35-38H2,1-8H3. The Kier molecular flexibility index (Phi) is 10.1. The fraction of sp³-hybridized carbons (Fsp3) is 0.216. The largest absolute Gasteiger partial charge is 0.376 e. The molecule has 0 bridgehead atoms. The Morgan fingerprint density at radius 3 is 1.63 bits per heavy atom. The molecule has 4 aliphatic rings. The number of benzene rings is 10. The van der Waals surface area contributed by atoms with Crippen LogP contribution < -0.4 is 20.6 Å². The van der Waals surface area contributed by atoms with Crippen molar-refractivity contribution in [1.82, 2.24) is 4.57 Å². The van der Waals surface area contributed by atoms with Gasteiger partial charge in [-0.3, -0.25) is 0 Å². The highest BCUT2D eigenvalue weighted by molar-refractivity contribution is 6.93. The summed E-state index contributed by atoms with van der Waals surface area (Å²) in [7, 11) is 0. The van der Waals surface area contributed by atoms with E-state index in [9.17, 15) is 0 Å². The van der Waals surface area contributed by atoms with E-state index in [0.29, 0.717) is 0 Å². The van der Waals surface area contributed by atoms with Gasteiger partial charge in [-0.15, -0.1) is 0 Å². The second-order valence-corrected chi connectivity index (χ2v) is 25.8. The number of anilines is 5. The molecule has 78 heavy (non-hydrogen) atoms. The number of aromatic nitrogens is 1. The molecule has 0 saturated heterocycles. The Labute approximate surface area is 460 Å². The summed E-state index contributed by atoms with van der Waals surface area (Å²) in [5, 5.41) is 5.13. The molecule has 4 heteroatoms. The van der Waals surface area contributed by atoms with Gasteiger partial charge < -0.3 is 14.3 Å². The molecule has 10 aromatic carbocycles. The summed E-state index contributed by atoms with van der Waals surface area (Å²) < 4.78 is 2.73. The van der Waals surface area contributed by atoms with Gasteiger partial charge in [-0.2, -0.15) is 0 Å². The molecule has 3 nitrogen and oxygen atoms in total. The van der Waals surface area contributed by atoms with Crippen LogP contribution >= 0.6 is 0 Å². The monoisotopic (exact) mass is 1010 g/mol. The second kappa shape index (κ2) is 16.7. The normalized spacial score (nSPS) is 16.9. The van der Waals surface area contributed by atoms with Crippen LogP contribution in [0.15, 0.2) is 206 Å². The summed E-state index contributed by atoms with van der Waals surface area (Å²) in [4.78, 5) is 5.24. The zero-order chi connectivity index (χ0) is 53.0. The zero-order valence-corrected chi connectivity index (χ0v) is 46.4. The first-order valence-electron chi connectivity index (χ1n) is 28.5. The van der Waals surface area contributed by atoms with Gasteiger partial charge in [-0.05, 0) is 198 Å². The Bertz CT molecular complexity index is 4240. The smallest absolute Gasteiger partial charge is 0.333 e. The van der Waals surface area contributed by atoms with E-state index < -0.39 is 0 Å². The quantitative estimate of drug-likeness (QED) is 0.154. The van der Waals surface area contributed by atoms with Crippen molar-refractivity contribution in [3.05, 3.63) is 229 Å². The second-order valence-electron chi connectivity index (χ2n) is 25.8. The van der Waals surface area contributed by atoms with E-state index in [1.165, 1.54) is 123 Å². The molecule has 0 atom stereocenters. The number of hydrogen-bond donors (Lipinski definition) is 0. The Morgan fingerprint density at radius 2 is 0.962 bits per heavy atom. The van der Waals surface area contributed by atoms with E-state index in [1.807, 2.05) is 0 Å². The molecule has 2 aliphatic heterocycles. The molecule has 11 aromatic rings. The molecule has 15 rings (SSSR count). The third kappa shape index (κ3) is 6.97. The molecule has 380 valence electrons. The summed E-state index contributed by atoms with van der Waals surface area (Å²) in [6.45, 7) is 19.7. The fourth-order valence-electron chi connectivity index (χ4n) is 14.7. The van der Waals surface area contributed by atoms with Crippen molar-refractivity contribution >= 4 is 78.8 Å². The van der Waals surface area contributed by atoms with Gasteiger partial charge in [0.25, 0.3) is 0 Å². The van der Waals surface area contributed by atoms with E-state index in [1.54, 1.807) is 0 Å². The molecular formula is C74H66BN3. The highest BCUT2D eigenvalue weighted by Crippen LogP contribution is 2.54. The van der Waals surface area contributed by atoms with Crippen LogP contribution in [0.1, 0.15) is 103 Å². The highest BCUT2D eigenvalue weighted by atomic mass is 15.2. The van der Waals surface area contributed by atoms with Crippen molar-refractivity contribution in [1.29, 1.82) is 0 Å². The van der Waals surface area contributed by atoms with Crippen LogP contribution in [0.3, 0.4) is 0 Å². The minimum atomic E-state index is -0.151. The van der Waals surface area contributed by atoms with Gasteiger partial charge in [-0.1, -0.05) is 183 Å². The first-order valence-corrected chi connectivity index (χ1v) is 28.5. The molecule has 0 unspecified atom stereocenters. The zero-order valence-electron chi connectivity index (χ0n) is 46.4. The summed E-state index contributed by atoms with van der Waals surface area (Å²) in [5.41, 5.74) is 26.0. The Hall–Kier alpha value is -8.08. The van der Waals surface area contributed by atoms with E-state index in [4.69, 9.17) is 0 Å². The van der Waals surface area contributed by atoms with Gasteiger partial charge in [-0.25, -0.2) is 0 Å². The minimum Gasteiger partial charge on any atom is -0.376 e. The van der Waals surface area contributed by atoms with Gasteiger partial charge in [0.1, 0.15) is 0 Å². The van der Waals surface area contributed by atoms with Gasteiger partial charge in [0, 0.05) is 50.5 Å². The van der Waals surface area contributed by atoms with Gasteiger partial charge in [0.05, 0.1) is 11.0 Å². The highest BCUT2D eigenvalue weighted by Gasteiger charge is 2.48. The third-order valence-electron chi connectivity index (χ3n) is 19.2. The topological polar surface area (TPSA) is 11.4 Å².